The van der Waals surface area contributed by atoms with Crippen molar-refractivity contribution < 1.29 is 4.74 Å². The van der Waals surface area contributed by atoms with E-state index in [1.165, 1.54) is 5.56 Å². The lowest BCUT2D eigenvalue weighted by Crippen LogP contribution is -2.04. The molecule has 0 aliphatic carbocycles. The summed E-state index contributed by atoms with van der Waals surface area (Å²) in [7, 11) is 1.59. The minimum absolute atomic E-state index is 0.276. The molecule has 0 spiro atoms. The van der Waals surface area contributed by atoms with E-state index in [9.17, 15) is 5.26 Å². The van der Waals surface area contributed by atoms with Gasteiger partial charge in [0.05, 0.1) is 18.5 Å². The molecule has 0 N–H and O–H groups in total. The zero-order valence-electron chi connectivity index (χ0n) is 18.2. The van der Waals surface area contributed by atoms with Gasteiger partial charge in [-0.3, -0.25) is 4.57 Å². The number of nitriles is 1. The van der Waals surface area contributed by atoms with Gasteiger partial charge < -0.3 is 4.74 Å². The molecule has 0 aliphatic rings. The minimum atomic E-state index is 0.276. The number of rotatable bonds is 4. The van der Waals surface area contributed by atoms with E-state index in [1.807, 2.05) is 35.8 Å². The number of aryl methyl sites for hydroxylation is 3. The lowest BCUT2D eigenvalue weighted by atomic mass is 10.0. The Hall–Kier alpha value is -3.26. The van der Waals surface area contributed by atoms with E-state index in [4.69, 9.17) is 32.9 Å². The maximum Gasteiger partial charge on any atom is 0.167 e. The van der Waals surface area contributed by atoms with Gasteiger partial charge in [0.2, 0.25) is 0 Å². The molecule has 0 saturated carbocycles. The van der Waals surface area contributed by atoms with Crippen LogP contribution in [-0.4, -0.2) is 16.7 Å². The third-order valence-corrected chi connectivity index (χ3v) is 6.05. The molecule has 1 heterocycles. The molecule has 0 unspecified atom stereocenters. The molecule has 3 aromatic carbocycles. The molecule has 4 rings (SSSR count). The van der Waals surface area contributed by atoms with E-state index >= 15 is 0 Å². The molecule has 4 nitrogen and oxygen atoms in total. The third kappa shape index (κ3) is 3.86. The van der Waals surface area contributed by atoms with Gasteiger partial charge in [0.15, 0.2) is 5.69 Å². The van der Waals surface area contributed by atoms with Gasteiger partial charge in [-0.1, -0.05) is 41.4 Å². The predicted molar refractivity (Wildman–Crippen MR) is 130 cm³/mol. The number of imidazole rings is 1. The fourth-order valence-corrected chi connectivity index (χ4v) is 4.08. The maximum atomic E-state index is 10.0. The van der Waals surface area contributed by atoms with Gasteiger partial charge in [-0.05, 0) is 73.9 Å². The van der Waals surface area contributed by atoms with E-state index in [2.05, 4.69) is 32.0 Å². The molecule has 0 amide bonds. The van der Waals surface area contributed by atoms with Crippen LogP contribution in [0.2, 0.25) is 10.0 Å². The van der Waals surface area contributed by atoms with Crippen LogP contribution in [0.3, 0.4) is 0 Å². The average Bonchev–Trinajstić information content (AvgIpc) is 3.16. The molecule has 1 aromatic heterocycles. The van der Waals surface area contributed by atoms with Crippen molar-refractivity contribution in [2.45, 2.75) is 20.8 Å². The van der Waals surface area contributed by atoms with Crippen LogP contribution in [-0.2, 0) is 0 Å². The SMILES string of the molecule is COc1ccc(Cl)cc1-c1c(C#N)nc(-c2ccc(C)c(C)c2)n1-c1cc(Cl)ccc1C. The topological polar surface area (TPSA) is 50.8 Å². The van der Waals surface area contributed by atoms with Crippen molar-refractivity contribution in [2.75, 3.05) is 7.11 Å². The van der Waals surface area contributed by atoms with Gasteiger partial charge in [0.25, 0.3) is 0 Å². The first-order valence-corrected chi connectivity index (χ1v) is 10.8. The summed E-state index contributed by atoms with van der Waals surface area (Å²) in [6, 6.07) is 19.4. The summed E-state index contributed by atoms with van der Waals surface area (Å²) in [6.45, 7) is 6.12. The summed E-state index contributed by atoms with van der Waals surface area (Å²) < 4.78 is 7.58. The highest BCUT2D eigenvalue weighted by Crippen LogP contribution is 2.40. The molecule has 0 atom stereocenters. The van der Waals surface area contributed by atoms with Crippen LogP contribution in [0.1, 0.15) is 22.4 Å². The van der Waals surface area contributed by atoms with Crippen molar-refractivity contribution in [1.29, 1.82) is 5.26 Å². The Kier molecular flexibility index (Phi) is 5.97. The number of methoxy groups -OCH3 is 1. The number of aromatic nitrogens is 2. The molecule has 0 bridgehead atoms. The Morgan fingerprint density at radius 3 is 2.25 bits per heavy atom. The van der Waals surface area contributed by atoms with Crippen molar-refractivity contribution in [3.05, 3.63) is 87.0 Å². The Balaban J connectivity index is 2.16. The molecule has 4 aromatic rings. The van der Waals surface area contributed by atoms with Gasteiger partial charge >= 0.3 is 0 Å². The van der Waals surface area contributed by atoms with Gasteiger partial charge in [0, 0.05) is 21.2 Å². The van der Waals surface area contributed by atoms with Crippen molar-refractivity contribution in [3.8, 4) is 40.2 Å². The van der Waals surface area contributed by atoms with Crippen LogP contribution in [0.15, 0.2) is 54.6 Å². The van der Waals surface area contributed by atoms with Crippen LogP contribution in [0.5, 0.6) is 5.75 Å². The molecule has 0 saturated heterocycles. The lowest BCUT2D eigenvalue weighted by molar-refractivity contribution is 0.416. The molecule has 6 heteroatoms. The Labute approximate surface area is 197 Å². The van der Waals surface area contributed by atoms with Crippen molar-refractivity contribution in [1.82, 2.24) is 9.55 Å². The second kappa shape index (κ2) is 8.70. The Bertz CT molecular complexity index is 1380. The van der Waals surface area contributed by atoms with Gasteiger partial charge in [-0.15, -0.1) is 0 Å². The first kappa shape index (κ1) is 22.0. The monoisotopic (exact) mass is 461 g/mol. The van der Waals surface area contributed by atoms with E-state index in [0.29, 0.717) is 32.9 Å². The minimum Gasteiger partial charge on any atom is -0.496 e. The van der Waals surface area contributed by atoms with E-state index < -0.39 is 0 Å². The summed E-state index contributed by atoms with van der Waals surface area (Å²) in [4.78, 5) is 4.76. The van der Waals surface area contributed by atoms with E-state index in [0.717, 1.165) is 22.4 Å². The van der Waals surface area contributed by atoms with Crippen LogP contribution in [0.4, 0.5) is 0 Å². The second-order valence-corrected chi connectivity index (χ2v) is 8.53. The fourth-order valence-electron chi connectivity index (χ4n) is 3.74. The molecule has 32 heavy (non-hydrogen) atoms. The molecule has 160 valence electrons. The summed E-state index contributed by atoms with van der Waals surface area (Å²) >= 11 is 12.7. The highest BCUT2D eigenvalue weighted by molar-refractivity contribution is 6.31. The standard InChI is InChI=1S/C26H21Cl2N3O/c1-15-5-7-18(11-17(15)3)26-30-22(14-29)25(21-12-19(27)9-10-24(21)32-4)31(26)23-13-20(28)8-6-16(23)2/h5-13H,1-4H3. The average molecular weight is 462 g/mol. The number of hydrogen-bond donors (Lipinski definition) is 0. The summed E-state index contributed by atoms with van der Waals surface area (Å²) in [5.41, 5.74) is 6.60. The van der Waals surface area contributed by atoms with Crippen LogP contribution < -0.4 is 4.74 Å². The number of hydrogen-bond acceptors (Lipinski definition) is 3. The quantitative estimate of drug-likeness (QED) is 0.319. The molecule has 0 fully saturated rings. The Morgan fingerprint density at radius 1 is 0.875 bits per heavy atom. The largest absolute Gasteiger partial charge is 0.496 e. The van der Waals surface area contributed by atoms with Crippen molar-refractivity contribution in [2.24, 2.45) is 0 Å². The molecule has 0 radical (unpaired) electrons. The highest BCUT2D eigenvalue weighted by atomic mass is 35.5. The van der Waals surface area contributed by atoms with Crippen LogP contribution in [0, 0.1) is 32.1 Å². The first-order valence-electron chi connectivity index (χ1n) is 10.0. The third-order valence-electron chi connectivity index (χ3n) is 5.58. The summed E-state index contributed by atoms with van der Waals surface area (Å²) in [5.74, 6) is 1.24. The molecular formula is C26H21Cl2N3O. The molecular weight excluding hydrogens is 441 g/mol. The predicted octanol–water partition coefficient (Wildman–Crippen LogP) is 7.32. The highest BCUT2D eigenvalue weighted by Gasteiger charge is 2.25. The lowest BCUT2D eigenvalue weighted by Gasteiger charge is -2.17. The number of ether oxygens (including phenoxy) is 1. The van der Waals surface area contributed by atoms with Crippen molar-refractivity contribution in [3.63, 3.8) is 0 Å². The maximum absolute atomic E-state index is 10.0. The normalized spacial score (nSPS) is 10.8. The zero-order chi connectivity index (χ0) is 23.0. The first-order chi connectivity index (χ1) is 15.3. The van der Waals surface area contributed by atoms with Crippen LogP contribution >= 0.6 is 23.2 Å². The summed E-state index contributed by atoms with van der Waals surface area (Å²) in [6.07, 6.45) is 0. The molecule has 0 aliphatic heterocycles. The number of halogens is 2. The number of benzene rings is 3. The van der Waals surface area contributed by atoms with Gasteiger partial charge in [-0.25, -0.2) is 4.98 Å². The van der Waals surface area contributed by atoms with Crippen LogP contribution in [0.25, 0.3) is 28.3 Å². The van der Waals surface area contributed by atoms with E-state index in [-0.39, 0.29) is 5.69 Å². The second-order valence-electron chi connectivity index (χ2n) is 7.65. The fraction of sp³-hybridized carbons (Fsp3) is 0.154. The number of nitrogens with zero attached hydrogens (tertiary/aromatic N) is 3. The van der Waals surface area contributed by atoms with E-state index in [1.54, 1.807) is 25.3 Å². The van der Waals surface area contributed by atoms with Gasteiger partial charge in [0.1, 0.15) is 17.6 Å². The summed E-state index contributed by atoms with van der Waals surface area (Å²) in [5, 5.41) is 11.2. The Morgan fingerprint density at radius 2 is 1.56 bits per heavy atom. The van der Waals surface area contributed by atoms with Crippen molar-refractivity contribution >= 4 is 23.2 Å². The smallest absolute Gasteiger partial charge is 0.167 e. The van der Waals surface area contributed by atoms with Gasteiger partial charge in [-0.2, -0.15) is 5.26 Å². The zero-order valence-corrected chi connectivity index (χ0v) is 19.7.